The molecular weight excluding hydrogens is 516 g/mol. The van der Waals surface area contributed by atoms with Gasteiger partial charge >= 0.3 is 5.97 Å². The van der Waals surface area contributed by atoms with Crippen LogP contribution in [0.4, 0.5) is 5.69 Å². The number of nitrogens with one attached hydrogen (secondary N) is 1. The zero-order valence-electron chi connectivity index (χ0n) is 22.7. The van der Waals surface area contributed by atoms with Crippen LogP contribution < -0.4 is 10.2 Å². The van der Waals surface area contributed by atoms with Gasteiger partial charge in [-0.3, -0.25) is 24.1 Å². The largest absolute Gasteiger partial charge is 0.456 e. The quantitative estimate of drug-likeness (QED) is 0.436. The maximum atomic E-state index is 13.2. The number of hydrogen-bond acceptors (Lipinski definition) is 8. The second kappa shape index (κ2) is 10.4. The molecule has 0 aliphatic carbocycles. The van der Waals surface area contributed by atoms with Crippen molar-refractivity contribution in [2.75, 3.05) is 31.1 Å². The molecule has 0 saturated carbocycles. The number of benzene rings is 2. The van der Waals surface area contributed by atoms with Crippen molar-refractivity contribution in [3.63, 3.8) is 0 Å². The number of aliphatic hydroxyl groups excluding tert-OH is 1. The summed E-state index contributed by atoms with van der Waals surface area (Å²) in [5, 5.41) is 12.7. The number of hydrogen-bond donors (Lipinski definition) is 2. The number of carbonyl (C=O) groups is 5. The van der Waals surface area contributed by atoms with Crippen molar-refractivity contribution in [2.24, 2.45) is 0 Å². The highest BCUT2D eigenvalue weighted by atomic mass is 16.6. The Balaban J connectivity index is 1.22. The number of fused-ring (bicyclic) bond motifs is 1. The van der Waals surface area contributed by atoms with Crippen LogP contribution in [-0.4, -0.2) is 88.6 Å². The normalized spacial score (nSPS) is 21.3. The van der Waals surface area contributed by atoms with E-state index >= 15 is 0 Å². The lowest BCUT2D eigenvalue weighted by Gasteiger charge is -2.36. The zero-order chi connectivity index (χ0) is 28.8. The van der Waals surface area contributed by atoms with Gasteiger partial charge in [0.05, 0.1) is 22.7 Å². The molecular formula is C29H32N4O7. The van der Waals surface area contributed by atoms with Crippen LogP contribution in [0.15, 0.2) is 42.5 Å². The molecule has 0 radical (unpaired) electrons. The fourth-order valence-electron chi connectivity index (χ4n) is 5.22. The molecule has 2 aromatic carbocycles. The van der Waals surface area contributed by atoms with Crippen LogP contribution >= 0.6 is 0 Å². The lowest BCUT2D eigenvalue weighted by molar-refractivity contribution is -0.129. The highest BCUT2D eigenvalue weighted by Crippen LogP contribution is 2.31. The average Bonchev–Trinajstić information content (AvgIpc) is 3.16. The van der Waals surface area contributed by atoms with Crippen molar-refractivity contribution in [1.29, 1.82) is 0 Å². The standard InChI is InChI=1S/C29H32N4O7/c1-29(2,3)40-28(39)18-6-4-17(5-7-18)25(36)32-14-12-31(13-15-32)19-8-9-20-21(16-19)27(38)33(26(20)37)22-10-11-23(34)30-24(22)35/h4-9,16,22,24,35H,10-15H2,1-3H3,(H,30,34). The summed E-state index contributed by atoms with van der Waals surface area (Å²) in [6.45, 7) is 7.35. The van der Waals surface area contributed by atoms with Crippen LogP contribution in [0.2, 0.25) is 0 Å². The molecule has 0 spiro atoms. The van der Waals surface area contributed by atoms with Gasteiger partial charge in [-0.2, -0.15) is 0 Å². The fraction of sp³-hybridized carbons (Fsp3) is 0.414. The Bertz CT molecular complexity index is 1370. The number of nitrogens with zero attached hydrogens (tertiary/aromatic N) is 3. The number of carbonyl (C=O) groups excluding carboxylic acids is 5. The van der Waals surface area contributed by atoms with E-state index in [2.05, 4.69) is 5.32 Å². The molecule has 2 N–H and O–H groups in total. The third-order valence-corrected chi connectivity index (χ3v) is 7.27. The summed E-state index contributed by atoms with van der Waals surface area (Å²) in [6, 6.07) is 10.7. The molecule has 11 nitrogen and oxygen atoms in total. The van der Waals surface area contributed by atoms with Crippen LogP contribution in [-0.2, 0) is 9.53 Å². The second-order valence-corrected chi connectivity index (χ2v) is 11.2. The third kappa shape index (κ3) is 5.29. The molecule has 2 atom stereocenters. The van der Waals surface area contributed by atoms with Crippen molar-refractivity contribution < 1.29 is 33.8 Å². The van der Waals surface area contributed by atoms with Gasteiger partial charge in [0.25, 0.3) is 17.7 Å². The minimum atomic E-state index is -1.30. The number of piperidine rings is 1. The van der Waals surface area contributed by atoms with Crippen molar-refractivity contribution in [3.05, 3.63) is 64.7 Å². The fourth-order valence-corrected chi connectivity index (χ4v) is 5.22. The Morgan fingerprint density at radius 3 is 2.15 bits per heavy atom. The summed E-state index contributed by atoms with van der Waals surface area (Å²) in [7, 11) is 0. The predicted octanol–water partition coefficient (Wildman–Crippen LogP) is 1.80. The summed E-state index contributed by atoms with van der Waals surface area (Å²) in [4.78, 5) is 67.9. The van der Waals surface area contributed by atoms with Crippen LogP contribution in [0, 0.1) is 0 Å². The molecule has 2 fully saturated rings. The van der Waals surface area contributed by atoms with Crippen LogP contribution in [0.3, 0.4) is 0 Å². The number of ether oxygens (including phenoxy) is 1. The number of anilines is 1. The van der Waals surface area contributed by atoms with E-state index in [1.165, 1.54) is 0 Å². The molecule has 0 bridgehead atoms. The van der Waals surface area contributed by atoms with E-state index in [9.17, 15) is 29.1 Å². The monoisotopic (exact) mass is 548 g/mol. The van der Waals surface area contributed by atoms with Crippen LogP contribution in [0.1, 0.15) is 75.0 Å². The summed E-state index contributed by atoms with van der Waals surface area (Å²) in [6.07, 6.45) is -0.982. The van der Waals surface area contributed by atoms with Gasteiger partial charge in [-0.05, 0) is 69.7 Å². The first-order valence-electron chi connectivity index (χ1n) is 13.3. The van der Waals surface area contributed by atoms with E-state index in [1.54, 1.807) is 68.1 Å². The summed E-state index contributed by atoms with van der Waals surface area (Å²) < 4.78 is 5.37. The van der Waals surface area contributed by atoms with E-state index in [0.717, 1.165) is 10.6 Å². The molecule has 2 aromatic rings. The Hall–Kier alpha value is -4.25. The Labute approximate surface area is 231 Å². The van der Waals surface area contributed by atoms with E-state index in [1.807, 2.05) is 4.90 Å². The van der Waals surface area contributed by atoms with E-state index in [0.29, 0.717) is 37.3 Å². The van der Waals surface area contributed by atoms with Gasteiger partial charge in [-0.1, -0.05) is 0 Å². The molecule has 3 aliphatic rings. The van der Waals surface area contributed by atoms with E-state index in [-0.39, 0.29) is 35.8 Å². The van der Waals surface area contributed by atoms with Gasteiger partial charge < -0.3 is 25.0 Å². The smallest absolute Gasteiger partial charge is 0.338 e. The molecule has 4 amide bonds. The summed E-state index contributed by atoms with van der Waals surface area (Å²) in [5.41, 5.74) is 1.53. The van der Waals surface area contributed by atoms with Crippen LogP contribution in [0.5, 0.6) is 0 Å². The van der Waals surface area contributed by atoms with Gasteiger partial charge in [-0.25, -0.2) is 4.79 Å². The van der Waals surface area contributed by atoms with Crippen molar-refractivity contribution in [2.45, 2.75) is 51.5 Å². The molecule has 11 heteroatoms. The minimum absolute atomic E-state index is 0.122. The first-order chi connectivity index (χ1) is 18.9. The molecule has 210 valence electrons. The summed E-state index contributed by atoms with van der Waals surface area (Å²) >= 11 is 0. The topological polar surface area (TPSA) is 137 Å². The van der Waals surface area contributed by atoms with E-state index in [4.69, 9.17) is 4.74 Å². The second-order valence-electron chi connectivity index (χ2n) is 11.2. The lowest BCUT2D eigenvalue weighted by Crippen LogP contribution is -2.57. The SMILES string of the molecule is CC(C)(C)OC(=O)c1ccc(C(=O)N2CCN(c3ccc4c(c3)C(=O)N(C3CCC(=O)NC3O)C4=O)CC2)cc1. The van der Waals surface area contributed by atoms with Crippen LogP contribution in [0.25, 0.3) is 0 Å². The van der Waals surface area contributed by atoms with Gasteiger partial charge in [0.15, 0.2) is 0 Å². The molecule has 2 saturated heterocycles. The number of amides is 4. The zero-order valence-corrected chi connectivity index (χ0v) is 22.7. The van der Waals surface area contributed by atoms with Crippen molar-refractivity contribution in [3.8, 4) is 0 Å². The van der Waals surface area contributed by atoms with Crippen molar-refractivity contribution >= 4 is 35.3 Å². The molecule has 0 aromatic heterocycles. The third-order valence-electron chi connectivity index (χ3n) is 7.27. The molecule has 3 heterocycles. The number of piperazine rings is 1. The van der Waals surface area contributed by atoms with Gasteiger partial charge in [0.2, 0.25) is 5.91 Å². The maximum Gasteiger partial charge on any atom is 0.338 e. The summed E-state index contributed by atoms with van der Waals surface area (Å²) in [5.74, 6) is -1.89. The first-order valence-corrected chi connectivity index (χ1v) is 13.3. The Morgan fingerprint density at radius 2 is 1.52 bits per heavy atom. The van der Waals surface area contributed by atoms with Crippen molar-refractivity contribution in [1.82, 2.24) is 15.1 Å². The molecule has 5 rings (SSSR count). The highest BCUT2D eigenvalue weighted by Gasteiger charge is 2.44. The Morgan fingerprint density at radius 1 is 0.900 bits per heavy atom. The average molecular weight is 549 g/mol. The number of imide groups is 1. The Kier molecular flexibility index (Phi) is 7.09. The number of esters is 1. The molecule has 2 unspecified atom stereocenters. The molecule has 3 aliphatic heterocycles. The van der Waals surface area contributed by atoms with Gasteiger partial charge in [-0.15, -0.1) is 0 Å². The number of rotatable bonds is 4. The lowest BCUT2D eigenvalue weighted by atomic mass is 10.0. The number of aliphatic hydroxyl groups is 1. The van der Waals surface area contributed by atoms with E-state index < -0.39 is 35.7 Å². The minimum Gasteiger partial charge on any atom is -0.456 e. The highest BCUT2D eigenvalue weighted by molar-refractivity contribution is 6.22. The first kappa shape index (κ1) is 27.3. The maximum absolute atomic E-state index is 13.2. The molecule has 40 heavy (non-hydrogen) atoms. The van der Waals surface area contributed by atoms with Gasteiger partial charge in [0, 0.05) is 43.9 Å². The predicted molar refractivity (Wildman–Crippen MR) is 144 cm³/mol. The van der Waals surface area contributed by atoms with Gasteiger partial charge in [0.1, 0.15) is 11.8 Å².